The Labute approximate surface area is 139 Å². The van der Waals surface area contributed by atoms with Crippen LogP contribution >= 0.6 is 0 Å². The molecule has 1 atom stereocenters. The van der Waals surface area contributed by atoms with Gasteiger partial charge < -0.3 is 10.6 Å². The van der Waals surface area contributed by atoms with Crippen LogP contribution in [0.25, 0.3) is 0 Å². The highest BCUT2D eigenvalue weighted by atomic mass is 16.1. The van der Waals surface area contributed by atoms with Crippen molar-refractivity contribution in [1.82, 2.24) is 10.6 Å². The Balaban J connectivity index is 1.40. The van der Waals surface area contributed by atoms with Gasteiger partial charge in [0.05, 0.1) is 6.54 Å². The third-order valence-corrected chi connectivity index (χ3v) is 5.03. The Morgan fingerprint density at radius 1 is 1.13 bits per heavy atom. The molecule has 0 saturated heterocycles. The Morgan fingerprint density at radius 3 is 2.91 bits per heavy atom. The molecule has 1 aromatic carbocycles. The second-order valence-electron chi connectivity index (χ2n) is 6.73. The molecule has 124 valence electrons. The van der Waals surface area contributed by atoms with Gasteiger partial charge in [0, 0.05) is 12.6 Å². The first-order valence-electron chi connectivity index (χ1n) is 9.09. The van der Waals surface area contributed by atoms with E-state index in [9.17, 15) is 4.79 Å². The Hall–Kier alpha value is -1.61. The molecule has 0 spiro atoms. The van der Waals surface area contributed by atoms with Crippen LogP contribution in [0, 0.1) is 0 Å². The predicted octanol–water partition coefficient (Wildman–Crippen LogP) is 3.66. The van der Waals surface area contributed by atoms with Crippen LogP contribution in [0.1, 0.15) is 62.1 Å². The first-order valence-corrected chi connectivity index (χ1v) is 9.09. The van der Waals surface area contributed by atoms with Gasteiger partial charge in [-0.3, -0.25) is 4.79 Å². The van der Waals surface area contributed by atoms with E-state index in [-0.39, 0.29) is 5.91 Å². The van der Waals surface area contributed by atoms with E-state index in [4.69, 9.17) is 0 Å². The van der Waals surface area contributed by atoms with Gasteiger partial charge in [-0.15, -0.1) is 0 Å². The minimum atomic E-state index is 0.115. The molecule has 1 aromatic rings. The van der Waals surface area contributed by atoms with Crippen LogP contribution in [0.4, 0.5) is 0 Å². The monoisotopic (exact) mass is 312 g/mol. The van der Waals surface area contributed by atoms with Gasteiger partial charge >= 0.3 is 0 Å². The van der Waals surface area contributed by atoms with Crippen molar-refractivity contribution in [3.8, 4) is 0 Å². The zero-order valence-corrected chi connectivity index (χ0v) is 13.9. The van der Waals surface area contributed by atoms with Gasteiger partial charge in [0.15, 0.2) is 0 Å². The van der Waals surface area contributed by atoms with Gasteiger partial charge in [0.1, 0.15) is 0 Å². The molecule has 23 heavy (non-hydrogen) atoms. The third kappa shape index (κ3) is 4.68. The molecule has 0 fully saturated rings. The summed E-state index contributed by atoms with van der Waals surface area (Å²) in [6, 6.07) is 8.93. The normalized spacial score (nSPS) is 20.5. The largest absolute Gasteiger partial charge is 0.355 e. The van der Waals surface area contributed by atoms with Gasteiger partial charge in [0.2, 0.25) is 5.91 Å². The molecule has 0 unspecified atom stereocenters. The first kappa shape index (κ1) is 16.3. The molecule has 3 rings (SSSR count). The second-order valence-corrected chi connectivity index (χ2v) is 6.73. The van der Waals surface area contributed by atoms with E-state index >= 15 is 0 Å². The molecule has 0 radical (unpaired) electrons. The summed E-state index contributed by atoms with van der Waals surface area (Å²) in [4.78, 5) is 12.0. The van der Waals surface area contributed by atoms with Crippen LogP contribution in [0.15, 0.2) is 35.9 Å². The molecule has 0 heterocycles. The van der Waals surface area contributed by atoms with Gasteiger partial charge in [-0.1, -0.05) is 35.9 Å². The third-order valence-electron chi connectivity index (χ3n) is 5.03. The lowest BCUT2D eigenvalue weighted by molar-refractivity contribution is -0.120. The fraction of sp³-hybridized carbons (Fsp3) is 0.550. The fourth-order valence-electron chi connectivity index (χ4n) is 3.74. The van der Waals surface area contributed by atoms with E-state index in [0.717, 1.165) is 25.8 Å². The maximum atomic E-state index is 12.0. The fourth-order valence-corrected chi connectivity index (χ4v) is 3.74. The van der Waals surface area contributed by atoms with E-state index in [1.54, 1.807) is 0 Å². The first-order chi connectivity index (χ1) is 11.3. The smallest absolute Gasteiger partial charge is 0.233 e. The summed E-state index contributed by atoms with van der Waals surface area (Å²) < 4.78 is 0. The summed E-state index contributed by atoms with van der Waals surface area (Å²) in [5.41, 5.74) is 4.32. The van der Waals surface area contributed by atoms with E-state index < -0.39 is 0 Å². The maximum absolute atomic E-state index is 12.0. The molecule has 2 N–H and O–H groups in total. The predicted molar refractivity (Wildman–Crippen MR) is 94.3 cm³/mol. The number of carbonyl (C=O) groups is 1. The minimum Gasteiger partial charge on any atom is -0.355 e. The SMILES string of the molecule is O=C(CN[C@H]1CCCc2ccccc21)NCCC1=CCCCC1. The summed E-state index contributed by atoms with van der Waals surface area (Å²) in [5.74, 6) is 0.115. The van der Waals surface area contributed by atoms with Crippen molar-refractivity contribution in [2.75, 3.05) is 13.1 Å². The number of nitrogens with one attached hydrogen (secondary N) is 2. The van der Waals surface area contributed by atoms with Gasteiger partial charge in [-0.25, -0.2) is 0 Å². The zero-order valence-electron chi connectivity index (χ0n) is 13.9. The highest BCUT2D eigenvalue weighted by Gasteiger charge is 2.19. The summed E-state index contributed by atoms with van der Waals surface area (Å²) in [7, 11) is 0. The minimum absolute atomic E-state index is 0.115. The van der Waals surface area contributed by atoms with Crippen LogP contribution in [-0.2, 0) is 11.2 Å². The number of carbonyl (C=O) groups excluding carboxylic acids is 1. The lowest BCUT2D eigenvalue weighted by Crippen LogP contribution is -2.37. The summed E-state index contributed by atoms with van der Waals surface area (Å²) in [6.07, 6.45) is 11.9. The number of rotatable bonds is 6. The van der Waals surface area contributed by atoms with Gasteiger partial charge in [-0.2, -0.15) is 0 Å². The summed E-state index contributed by atoms with van der Waals surface area (Å²) >= 11 is 0. The van der Waals surface area contributed by atoms with Crippen molar-refractivity contribution in [2.45, 2.75) is 57.4 Å². The molecule has 1 amide bonds. The number of allylic oxidation sites excluding steroid dienone is 1. The van der Waals surface area contributed by atoms with Crippen molar-refractivity contribution in [1.29, 1.82) is 0 Å². The molecule has 2 aliphatic rings. The molecule has 0 aromatic heterocycles. The average Bonchev–Trinajstić information content (AvgIpc) is 2.61. The van der Waals surface area contributed by atoms with Crippen molar-refractivity contribution in [3.63, 3.8) is 0 Å². The standard InChI is InChI=1S/C20H28N2O/c23-20(21-14-13-16-7-2-1-3-8-16)15-22-19-12-6-10-17-9-4-5-11-18(17)19/h4-5,7,9,11,19,22H,1-3,6,8,10,12-15H2,(H,21,23)/t19-/m0/s1. The van der Waals surface area contributed by atoms with E-state index in [1.165, 1.54) is 48.8 Å². The number of fused-ring (bicyclic) bond motifs is 1. The number of aryl methyl sites for hydroxylation is 1. The van der Waals surface area contributed by atoms with Crippen LogP contribution in [-0.4, -0.2) is 19.0 Å². The van der Waals surface area contributed by atoms with Gasteiger partial charge in [0.25, 0.3) is 0 Å². The molecule has 2 aliphatic carbocycles. The molecule has 3 heteroatoms. The quantitative estimate of drug-likeness (QED) is 0.787. The number of amides is 1. The summed E-state index contributed by atoms with van der Waals surface area (Å²) in [5, 5.41) is 6.49. The lowest BCUT2D eigenvalue weighted by atomic mass is 9.88. The van der Waals surface area contributed by atoms with Crippen LogP contribution in [0.5, 0.6) is 0 Å². The Kier molecular flexibility index (Phi) is 5.87. The van der Waals surface area contributed by atoms with E-state index in [1.807, 2.05) is 0 Å². The maximum Gasteiger partial charge on any atom is 0.233 e. The molecule has 3 nitrogen and oxygen atoms in total. The van der Waals surface area contributed by atoms with E-state index in [2.05, 4.69) is 41.0 Å². The topological polar surface area (TPSA) is 41.1 Å². The van der Waals surface area contributed by atoms with Gasteiger partial charge in [-0.05, 0) is 62.5 Å². The zero-order chi connectivity index (χ0) is 15.9. The van der Waals surface area contributed by atoms with Crippen molar-refractivity contribution in [3.05, 3.63) is 47.0 Å². The molecule has 0 saturated carbocycles. The van der Waals surface area contributed by atoms with Crippen LogP contribution in [0.3, 0.4) is 0 Å². The number of hydrogen-bond donors (Lipinski definition) is 2. The highest BCUT2D eigenvalue weighted by molar-refractivity contribution is 5.78. The Bertz CT molecular complexity index is 565. The molecule has 0 aliphatic heterocycles. The van der Waals surface area contributed by atoms with Crippen molar-refractivity contribution < 1.29 is 4.79 Å². The molecular weight excluding hydrogens is 284 g/mol. The van der Waals surface area contributed by atoms with Crippen LogP contribution < -0.4 is 10.6 Å². The molecule has 0 bridgehead atoms. The second kappa shape index (κ2) is 8.30. The Morgan fingerprint density at radius 2 is 2.04 bits per heavy atom. The van der Waals surface area contributed by atoms with E-state index in [0.29, 0.717) is 12.6 Å². The number of hydrogen-bond acceptors (Lipinski definition) is 2. The molecular formula is C20H28N2O. The lowest BCUT2D eigenvalue weighted by Gasteiger charge is -2.26. The number of benzene rings is 1. The van der Waals surface area contributed by atoms with Crippen LogP contribution in [0.2, 0.25) is 0 Å². The highest BCUT2D eigenvalue weighted by Crippen LogP contribution is 2.29. The average molecular weight is 312 g/mol. The van der Waals surface area contributed by atoms with Crippen molar-refractivity contribution >= 4 is 5.91 Å². The van der Waals surface area contributed by atoms with Crippen molar-refractivity contribution in [2.24, 2.45) is 0 Å². The summed E-state index contributed by atoms with van der Waals surface area (Å²) in [6.45, 7) is 1.19.